The molecule has 1 aromatic heterocycles. The number of ether oxygens (including phenoxy) is 1. The van der Waals surface area contributed by atoms with Crippen molar-refractivity contribution in [1.82, 2.24) is 19.7 Å². The van der Waals surface area contributed by atoms with Gasteiger partial charge in [0.15, 0.2) is 0 Å². The molecule has 2 saturated heterocycles. The lowest BCUT2D eigenvalue weighted by molar-refractivity contribution is -0.167. The number of carbonyl (C=O) groups is 2. The highest BCUT2D eigenvalue weighted by Gasteiger charge is 2.56. The van der Waals surface area contributed by atoms with Gasteiger partial charge in [-0.05, 0) is 74.3 Å². The van der Waals surface area contributed by atoms with Crippen molar-refractivity contribution in [2.75, 3.05) is 39.8 Å². The highest BCUT2D eigenvalue weighted by atomic mass is 16.5. The number of likely N-dealkylation sites (tertiary alicyclic amines) is 1. The topological polar surface area (TPSA) is 89.1 Å². The SMILES string of the molecule is COc1ccc2[nH]c3c(c2c1)C[C@]1(C)C(=O)N(CCN2CCCCC2)CC(=O)N1[C@@H]3c1cccc(O)c1. The van der Waals surface area contributed by atoms with Gasteiger partial charge < -0.3 is 29.5 Å². The van der Waals surface area contributed by atoms with Gasteiger partial charge in [-0.25, -0.2) is 0 Å². The fourth-order valence-corrected chi connectivity index (χ4v) is 6.53. The van der Waals surface area contributed by atoms with Crippen molar-refractivity contribution in [1.29, 1.82) is 0 Å². The van der Waals surface area contributed by atoms with Crippen molar-refractivity contribution in [3.05, 3.63) is 59.3 Å². The van der Waals surface area contributed by atoms with Gasteiger partial charge in [0.05, 0.1) is 19.7 Å². The first-order valence-corrected chi connectivity index (χ1v) is 13.2. The van der Waals surface area contributed by atoms with E-state index in [4.69, 9.17) is 4.74 Å². The van der Waals surface area contributed by atoms with Crippen LogP contribution in [0, 0.1) is 0 Å². The number of nitrogens with zero attached hydrogens (tertiary/aromatic N) is 3. The van der Waals surface area contributed by atoms with Crippen molar-refractivity contribution < 1.29 is 19.4 Å². The lowest BCUT2D eigenvalue weighted by Gasteiger charge is -2.53. The largest absolute Gasteiger partial charge is 0.508 e. The summed E-state index contributed by atoms with van der Waals surface area (Å²) in [6.45, 7) is 5.43. The van der Waals surface area contributed by atoms with Gasteiger partial charge in [-0.3, -0.25) is 9.59 Å². The number of hydrogen-bond donors (Lipinski definition) is 2. The Labute approximate surface area is 216 Å². The number of amides is 2. The summed E-state index contributed by atoms with van der Waals surface area (Å²) in [5.41, 5.74) is 2.56. The number of methoxy groups -OCH3 is 1. The number of aromatic amines is 1. The van der Waals surface area contributed by atoms with Crippen LogP contribution in [0.1, 0.15) is 49.0 Å². The molecule has 3 aliphatic rings. The molecule has 8 nitrogen and oxygen atoms in total. The molecular weight excluding hydrogens is 468 g/mol. The van der Waals surface area contributed by atoms with E-state index >= 15 is 0 Å². The van der Waals surface area contributed by atoms with Crippen LogP contribution in [0.4, 0.5) is 0 Å². The first kappa shape index (κ1) is 23.9. The van der Waals surface area contributed by atoms with Gasteiger partial charge in [-0.15, -0.1) is 0 Å². The van der Waals surface area contributed by atoms with E-state index in [1.807, 2.05) is 31.2 Å². The van der Waals surface area contributed by atoms with Gasteiger partial charge in [0.2, 0.25) is 11.8 Å². The first-order chi connectivity index (χ1) is 17.9. The highest BCUT2D eigenvalue weighted by Crippen LogP contribution is 2.47. The third-order valence-electron chi connectivity index (χ3n) is 8.39. The van der Waals surface area contributed by atoms with Gasteiger partial charge in [-0.1, -0.05) is 18.6 Å². The Bertz CT molecular complexity index is 1360. The van der Waals surface area contributed by atoms with Gasteiger partial charge in [-0.2, -0.15) is 0 Å². The molecule has 8 heteroatoms. The van der Waals surface area contributed by atoms with E-state index in [1.54, 1.807) is 35.1 Å². The molecule has 2 amide bonds. The molecule has 2 N–H and O–H groups in total. The number of nitrogens with one attached hydrogen (secondary N) is 1. The van der Waals surface area contributed by atoms with E-state index in [-0.39, 0.29) is 24.1 Å². The minimum Gasteiger partial charge on any atom is -0.508 e. The monoisotopic (exact) mass is 502 g/mol. The molecule has 3 aromatic rings. The normalized spacial score (nSPS) is 24.3. The quantitative estimate of drug-likeness (QED) is 0.558. The zero-order valence-corrected chi connectivity index (χ0v) is 21.5. The van der Waals surface area contributed by atoms with Crippen molar-refractivity contribution >= 4 is 22.7 Å². The van der Waals surface area contributed by atoms with E-state index in [0.717, 1.165) is 53.1 Å². The van der Waals surface area contributed by atoms with Crippen LogP contribution in [0.5, 0.6) is 11.5 Å². The molecule has 2 atom stereocenters. The number of aromatic hydroxyl groups is 1. The van der Waals surface area contributed by atoms with Gasteiger partial charge in [0.1, 0.15) is 17.0 Å². The summed E-state index contributed by atoms with van der Waals surface area (Å²) in [5.74, 6) is 0.779. The minimum absolute atomic E-state index is 0.0165. The summed E-state index contributed by atoms with van der Waals surface area (Å²) < 4.78 is 5.50. The number of H-pyrrole nitrogens is 1. The molecule has 0 bridgehead atoms. The van der Waals surface area contributed by atoms with Crippen LogP contribution >= 0.6 is 0 Å². The Morgan fingerprint density at radius 1 is 1.08 bits per heavy atom. The van der Waals surface area contributed by atoms with E-state index in [0.29, 0.717) is 13.0 Å². The van der Waals surface area contributed by atoms with Gasteiger partial charge in [0, 0.05) is 36.1 Å². The third kappa shape index (κ3) is 3.94. The fraction of sp³-hybridized carbons (Fsp3) is 0.448. The molecule has 0 saturated carbocycles. The second-order valence-corrected chi connectivity index (χ2v) is 10.8. The first-order valence-electron chi connectivity index (χ1n) is 13.2. The number of piperidine rings is 1. The van der Waals surface area contributed by atoms with Crippen LogP contribution in [0.2, 0.25) is 0 Å². The highest BCUT2D eigenvalue weighted by molar-refractivity contribution is 6.00. The number of hydrogen-bond acceptors (Lipinski definition) is 5. The number of benzene rings is 2. The Kier molecular flexibility index (Phi) is 5.87. The Hall–Kier alpha value is -3.52. The molecule has 2 fully saturated rings. The van der Waals surface area contributed by atoms with Crippen LogP contribution in [-0.4, -0.2) is 82.0 Å². The predicted molar refractivity (Wildman–Crippen MR) is 141 cm³/mol. The summed E-state index contributed by atoms with van der Waals surface area (Å²) >= 11 is 0. The van der Waals surface area contributed by atoms with Crippen LogP contribution in [0.25, 0.3) is 10.9 Å². The average Bonchev–Trinajstić information content (AvgIpc) is 3.26. The molecule has 2 aromatic carbocycles. The summed E-state index contributed by atoms with van der Waals surface area (Å²) in [7, 11) is 1.64. The molecule has 0 aliphatic carbocycles. The standard InChI is InChI=1S/C29H34N4O4/c1-29-17-23-22-16-21(37-2)9-10-24(22)30-26(23)27(19-7-6-8-20(34)15-19)33(29)25(35)18-32(28(29)36)14-13-31-11-4-3-5-12-31/h6-10,15-16,27,30,34H,3-5,11-14,17-18H2,1-2H3/t27-,29-/m1/s1. The predicted octanol–water partition coefficient (Wildman–Crippen LogP) is 3.44. The van der Waals surface area contributed by atoms with Crippen LogP contribution in [0.15, 0.2) is 42.5 Å². The maximum Gasteiger partial charge on any atom is 0.249 e. The maximum absolute atomic E-state index is 14.2. The van der Waals surface area contributed by atoms with Crippen molar-refractivity contribution in [2.45, 2.75) is 44.2 Å². The average molecular weight is 503 g/mol. The van der Waals surface area contributed by atoms with Crippen LogP contribution in [-0.2, 0) is 16.0 Å². The molecule has 4 heterocycles. The number of rotatable bonds is 5. The second-order valence-electron chi connectivity index (χ2n) is 10.8. The minimum atomic E-state index is -1.04. The molecule has 0 spiro atoms. The molecule has 3 aliphatic heterocycles. The third-order valence-corrected chi connectivity index (χ3v) is 8.39. The zero-order valence-electron chi connectivity index (χ0n) is 21.5. The van der Waals surface area contributed by atoms with Gasteiger partial charge in [0.25, 0.3) is 0 Å². The maximum atomic E-state index is 14.2. The van der Waals surface area contributed by atoms with E-state index in [1.165, 1.54) is 19.3 Å². The molecular formula is C29H34N4O4. The van der Waals surface area contributed by atoms with Crippen LogP contribution in [0.3, 0.4) is 0 Å². The van der Waals surface area contributed by atoms with Crippen molar-refractivity contribution in [2.24, 2.45) is 0 Å². The van der Waals surface area contributed by atoms with E-state index < -0.39 is 11.6 Å². The molecule has 37 heavy (non-hydrogen) atoms. The Morgan fingerprint density at radius 3 is 2.65 bits per heavy atom. The molecule has 6 rings (SSSR count). The van der Waals surface area contributed by atoms with Crippen molar-refractivity contribution in [3.8, 4) is 11.5 Å². The lowest BCUT2D eigenvalue weighted by atomic mass is 9.78. The summed E-state index contributed by atoms with van der Waals surface area (Å²) in [5, 5.41) is 11.3. The smallest absolute Gasteiger partial charge is 0.249 e. The van der Waals surface area contributed by atoms with Crippen LogP contribution < -0.4 is 4.74 Å². The molecule has 194 valence electrons. The summed E-state index contributed by atoms with van der Waals surface area (Å²) in [6.07, 6.45) is 4.06. The number of phenols is 1. The number of fused-ring (bicyclic) bond motifs is 4. The molecule has 0 radical (unpaired) electrons. The van der Waals surface area contributed by atoms with E-state index in [9.17, 15) is 14.7 Å². The zero-order chi connectivity index (χ0) is 25.7. The van der Waals surface area contributed by atoms with Gasteiger partial charge >= 0.3 is 0 Å². The number of phenolic OH excluding ortho intramolecular Hbond substituents is 1. The Balaban J connectivity index is 1.43. The van der Waals surface area contributed by atoms with Crippen molar-refractivity contribution in [3.63, 3.8) is 0 Å². The number of aromatic nitrogens is 1. The molecule has 0 unspecified atom stereocenters. The fourth-order valence-electron chi connectivity index (χ4n) is 6.53. The number of carbonyl (C=O) groups excluding carboxylic acids is 2. The summed E-state index contributed by atoms with van der Waals surface area (Å²) in [6, 6.07) is 12.4. The number of piperazine rings is 1. The Morgan fingerprint density at radius 2 is 1.89 bits per heavy atom. The second kappa shape index (κ2) is 9.10. The lowest BCUT2D eigenvalue weighted by Crippen LogP contribution is -2.70. The summed E-state index contributed by atoms with van der Waals surface area (Å²) in [4.78, 5) is 37.5. The van der Waals surface area contributed by atoms with E-state index in [2.05, 4.69) is 9.88 Å².